The Morgan fingerprint density at radius 3 is 3.27 bits per heavy atom. The summed E-state index contributed by atoms with van der Waals surface area (Å²) in [6.45, 7) is 2.02. The molecule has 11 heavy (non-hydrogen) atoms. The summed E-state index contributed by atoms with van der Waals surface area (Å²) in [6, 6.07) is 4.24. The van der Waals surface area contributed by atoms with Gasteiger partial charge in [-0.1, -0.05) is 12.1 Å². The van der Waals surface area contributed by atoms with Crippen molar-refractivity contribution >= 4 is 11.3 Å². The summed E-state index contributed by atoms with van der Waals surface area (Å²) in [7, 11) is 0. The standard InChI is InChI=1S/C8H10N2S/c1-3-8(11-6-1)7-10-5-2-4-9-10/h1-4,6,9H,5,7H2. The van der Waals surface area contributed by atoms with Crippen LogP contribution in [0.2, 0.25) is 0 Å². The maximum Gasteiger partial charge on any atom is 0.0526 e. The van der Waals surface area contributed by atoms with Gasteiger partial charge in [-0.05, 0) is 11.4 Å². The molecule has 0 atom stereocenters. The van der Waals surface area contributed by atoms with Gasteiger partial charge in [-0.25, -0.2) is 5.01 Å². The second kappa shape index (κ2) is 3.07. The smallest absolute Gasteiger partial charge is 0.0526 e. The molecule has 0 spiro atoms. The lowest BCUT2D eigenvalue weighted by Gasteiger charge is -2.13. The Morgan fingerprint density at radius 2 is 2.64 bits per heavy atom. The van der Waals surface area contributed by atoms with Crippen molar-refractivity contribution in [1.29, 1.82) is 0 Å². The molecule has 2 nitrogen and oxygen atoms in total. The summed E-state index contributed by atoms with van der Waals surface area (Å²) < 4.78 is 0. The van der Waals surface area contributed by atoms with E-state index in [1.807, 2.05) is 6.20 Å². The zero-order chi connectivity index (χ0) is 7.52. The van der Waals surface area contributed by atoms with Crippen LogP contribution in [0.15, 0.2) is 29.8 Å². The number of hydrazine groups is 1. The number of nitrogens with one attached hydrogen (secondary N) is 1. The van der Waals surface area contributed by atoms with Crippen molar-refractivity contribution in [1.82, 2.24) is 10.4 Å². The average molecular weight is 166 g/mol. The molecule has 1 N–H and O–H groups in total. The van der Waals surface area contributed by atoms with Gasteiger partial charge in [0.2, 0.25) is 0 Å². The second-order valence-electron chi connectivity index (χ2n) is 2.49. The van der Waals surface area contributed by atoms with Crippen LogP contribution in [0.1, 0.15) is 4.88 Å². The highest BCUT2D eigenvalue weighted by atomic mass is 32.1. The number of thiophene rings is 1. The fourth-order valence-corrected chi connectivity index (χ4v) is 1.81. The fourth-order valence-electron chi connectivity index (χ4n) is 1.09. The van der Waals surface area contributed by atoms with E-state index in [9.17, 15) is 0 Å². The van der Waals surface area contributed by atoms with Crippen LogP contribution in [0, 0.1) is 0 Å². The Morgan fingerprint density at radius 1 is 1.64 bits per heavy atom. The first-order valence-electron chi connectivity index (χ1n) is 3.64. The van der Waals surface area contributed by atoms with Crippen LogP contribution in [-0.4, -0.2) is 11.6 Å². The minimum Gasteiger partial charge on any atom is -0.326 e. The highest BCUT2D eigenvalue weighted by Crippen LogP contribution is 2.11. The molecule has 3 heteroatoms. The molecule has 58 valence electrons. The summed E-state index contributed by atoms with van der Waals surface area (Å²) >= 11 is 1.80. The molecule has 1 aliphatic heterocycles. The number of hydrogen-bond donors (Lipinski definition) is 1. The minimum absolute atomic E-state index is 1.00. The van der Waals surface area contributed by atoms with E-state index in [2.05, 4.69) is 34.0 Å². The summed E-state index contributed by atoms with van der Waals surface area (Å²) in [5, 5.41) is 4.28. The third-order valence-electron chi connectivity index (χ3n) is 1.63. The molecule has 0 radical (unpaired) electrons. The van der Waals surface area contributed by atoms with Crippen LogP contribution in [0.4, 0.5) is 0 Å². The molecule has 2 rings (SSSR count). The molecular weight excluding hydrogens is 156 g/mol. The predicted molar refractivity (Wildman–Crippen MR) is 47.0 cm³/mol. The molecule has 1 aliphatic rings. The molecule has 0 saturated carbocycles. The molecule has 0 aromatic carbocycles. The van der Waals surface area contributed by atoms with E-state index in [-0.39, 0.29) is 0 Å². The molecular formula is C8H10N2S. The van der Waals surface area contributed by atoms with Gasteiger partial charge in [-0.15, -0.1) is 11.3 Å². The Hall–Kier alpha value is -0.800. The highest BCUT2D eigenvalue weighted by Gasteiger charge is 2.05. The van der Waals surface area contributed by atoms with Gasteiger partial charge in [0.05, 0.1) is 6.54 Å². The second-order valence-corrected chi connectivity index (χ2v) is 3.52. The molecule has 0 aliphatic carbocycles. The lowest BCUT2D eigenvalue weighted by molar-refractivity contribution is 0.260. The van der Waals surface area contributed by atoms with E-state index in [0.29, 0.717) is 0 Å². The first-order chi connectivity index (χ1) is 5.45. The van der Waals surface area contributed by atoms with Gasteiger partial charge < -0.3 is 5.43 Å². The summed E-state index contributed by atoms with van der Waals surface area (Å²) in [5.41, 5.74) is 3.15. The van der Waals surface area contributed by atoms with Crippen LogP contribution in [0.5, 0.6) is 0 Å². The third-order valence-corrected chi connectivity index (χ3v) is 2.49. The molecule has 0 bridgehead atoms. The van der Waals surface area contributed by atoms with E-state index in [1.54, 1.807) is 11.3 Å². The molecule has 2 heterocycles. The maximum atomic E-state index is 3.15. The Balaban J connectivity index is 1.91. The van der Waals surface area contributed by atoms with Crippen LogP contribution >= 0.6 is 11.3 Å². The topological polar surface area (TPSA) is 15.3 Å². The first-order valence-corrected chi connectivity index (χ1v) is 4.51. The molecule has 0 unspecified atom stereocenters. The van der Waals surface area contributed by atoms with E-state index in [0.717, 1.165) is 13.1 Å². The molecule has 1 aromatic heterocycles. The van der Waals surface area contributed by atoms with Crippen LogP contribution in [0.3, 0.4) is 0 Å². The summed E-state index contributed by atoms with van der Waals surface area (Å²) in [4.78, 5) is 1.40. The third kappa shape index (κ3) is 1.61. The summed E-state index contributed by atoms with van der Waals surface area (Å²) in [5.74, 6) is 0. The number of rotatable bonds is 2. The van der Waals surface area contributed by atoms with Crippen molar-refractivity contribution in [3.63, 3.8) is 0 Å². The zero-order valence-corrected chi connectivity index (χ0v) is 6.97. The van der Waals surface area contributed by atoms with Gasteiger partial charge in [0.15, 0.2) is 0 Å². The SMILES string of the molecule is C1=CNN(Cc2cccs2)C1. The molecule has 1 aromatic rings. The Labute approximate surface area is 70.1 Å². The maximum absolute atomic E-state index is 3.15. The van der Waals surface area contributed by atoms with Crippen LogP contribution in [-0.2, 0) is 6.54 Å². The van der Waals surface area contributed by atoms with Crippen molar-refractivity contribution < 1.29 is 0 Å². The van der Waals surface area contributed by atoms with Crippen molar-refractivity contribution in [2.75, 3.05) is 6.54 Å². The molecule has 0 fully saturated rings. The van der Waals surface area contributed by atoms with Crippen LogP contribution < -0.4 is 5.43 Å². The van der Waals surface area contributed by atoms with Gasteiger partial charge in [0.1, 0.15) is 0 Å². The van der Waals surface area contributed by atoms with Crippen molar-refractivity contribution in [2.24, 2.45) is 0 Å². The first kappa shape index (κ1) is 6.88. The lowest BCUT2D eigenvalue weighted by Crippen LogP contribution is -2.28. The Bertz CT molecular complexity index is 233. The molecule has 0 amide bonds. The average Bonchev–Trinajstić information content (AvgIpc) is 2.60. The normalized spacial score (nSPS) is 17.1. The van der Waals surface area contributed by atoms with E-state index in [4.69, 9.17) is 0 Å². The Kier molecular flexibility index (Phi) is 1.92. The quantitative estimate of drug-likeness (QED) is 0.717. The number of hydrogen-bond acceptors (Lipinski definition) is 3. The largest absolute Gasteiger partial charge is 0.326 e. The van der Waals surface area contributed by atoms with E-state index >= 15 is 0 Å². The van der Waals surface area contributed by atoms with Crippen molar-refractivity contribution in [3.8, 4) is 0 Å². The monoisotopic (exact) mass is 166 g/mol. The minimum atomic E-state index is 1.00. The highest BCUT2D eigenvalue weighted by molar-refractivity contribution is 7.09. The number of nitrogens with zero attached hydrogens (tertiary/aromatic N) is 1. The van der Waals surface area contributed by atoms with Crippen LogP contribution in [0.25, 0.3) is 0 Å². The van der Waals surface area contributed by atoms with Gasteiger partial charge in [0, 0.05) is 17.6 Å². The molecule has 0 saturated heterocycles. The summed E-state index contributed by atoms with van der Waals surface area (Å²) in [6.07, 6.45) is 4.10. The van der Waals surface area contributed by atoms with Crippen molar-refractivity contribution in [3.05, 3.63) is 34.7 Å². The van der Waals surface area contributed by atoms with E-state index < -0.39 is 0 Å². The fraction of sp³-hybridized carbons (Fsp3) is 0.250. The van der Waals surface area contributed by atoms with Gasteiger partial charge in [0.25, 0.3) is 0 Å². The van der Waals surface area contributed by atoms with E-state index in [1.165, 1.54) is 4.88 Å². The lowest BCUT2D eigenvalue weighted by atomic mass is 10.4. The zero-order valence-electron chi connectivity index (χ0n) is 6.16. The van der Waals surface area contributed by atoms with Gasteiger partial charge >= 0.3 is 0 Å². The predicted octanol–water partition coefficient (Wildman–Crippen LogP) is 1.58. The van der Waals surface area contributed by atoms with Gasteiger partial charge in [-0.3, -0.25) is 0 Å². The van der Waals surface area contributed by atoms with Gasteiger partial charge in [-0.2, -0.15) is 0 Å². The van der Waals surface area contributed by atoms with Crippen molar-refractivity contribution in [2.45, 2.75) is 6.54 Å².